The highest BCUT2D eigenvalue weighted by molar-refractivity contribution is 5.82. The van der Waals surface area contributed by atoms with Gasteiger partial charge in [-0.25, -0.2) is 0 Å². The topological polar surface area (TPSA) is 40.6 Å². The Labute approximate surface area is 172 Å². The normalized spacial score (nSPS) is 19.1. The molecule has 150 valence electrons. The summed E-state index contributed by atoms with van der Waals surface area (Å²) in [6.07, 6.45) is 7.27. The summed E-state index contributed by atoms with van der Waals surface area (Å²) >= 11 is 0. The molecule has 2 heterocycles. The first kappa shape index (κ1) is 19.4. The van der Waals surface area contributed by atoms with Crippen LogP contribution in [0.4, 0.5) is 0 Å². The summed E-state index contributed by atoms with van der Waals surface area (Å²) in [6, 6.07) is 18.4. The molecule has 0 N–H and O–H groups in total. The number of carbonyl (C=O) groups excluding carboxylic acids is 2. The smallest absolute Gasteiger partial charge is 0.225 e. The first-order valence-electron chi connectivity index (χ1n) is 10.5. The quantitative estimate of drug-likeness (QED) is 0.777. The number of rotatable bonds is 4. The lowest BCUT2D eigenvalue weighted by molar-refractivity contribution is -0.135. The molecule has 29 heavy (non-hydrogen) atoms. The predicted molar refractivity (Wildman–Crippen MR) is 115 cm³/mol. The van der Waals surface area contributed by atoms with Gasteiger partial charge in [-0.15, -0.1) is 0 Å². The number of carbonyl (C=O) groups is 2. The molecule has 2 aliphatic heterocycles. The largest absolute Gasteiger partial charge is 0.343 e. The van der Waals surface area contributed by atoms with Gasteiger partial charge in [0.2, 0.25) is 11.8 Å². The number of likely N-dealkylation sites (tertiary alicyclic amines) is 1. The van der Waals surface area contributed by atoms with Crippen molar-refractivity contribution in [2.24, 2.45) is 5.92 Å². The molecule has 0 spiro atoms. The highest BCUT2D eigenvalue weighted by atomic mass is 16.2. The van der Waals surface area contributed by atoms with E-state index >= 15 is 0 Å². The van der Waals surface area contributed by atoms with Gasteiger partial charge in [0, 0.05) is 26.2 Å². The van der Waals surface area contributed by atoms with Crippen LogP contribution in [0, 0.1) is 5.92 Å². The fraction of sp³-hybridized carbons (Fsp3) is 0.360. The Morgan fingerprint density at radius 1 is 0.966 bits per heavy atom. The highest BCUT2D eigenvalue weighted by Crippen LogP contribution is 2.34. The maximum Gasteiger partial charge on any atom is 0.225 e. The maximum atomic E-state index is 13.1. The first-order valence-corrected chi connectivity index (χ1v) is 10.5. The molecule has 4 rings (SSSR count). The van der Waals surface area contributed by atoms with Gasteiger partial charge in [-0.3, -0.25) is 9.59 Å². The van der Waals surface area contributed by atoms with Gasteiger partial charge in [0.25, 0.3) is 0 Å². The van der Waals surface area contributed by atoms with Gasteiger partial charge in [0.15, 0.2) is 0 Å². The fourth-order valence-electron chi connectivity index (χ4n) is 4.54. The molecule has 0 radical (unpaired) electrons. The van der Waals surface area contributed by atoms with E-state index < -0.39 is 0 Å². The van der Waals surface area contributed by atoms with Gasteiger partial charge in [0.1, 0.15) is 0 Å². The molecule has 4 heteroatoms. The minimum atomic E-state index is -0.219. The lowest BCUT2D eigenvalue weighted by Gasteiger charge is -2.36. The van der Waals surface area contributed by atoms with Crippen LogP contribution in [0.5, 0.6) is 0 Å². The zero-order valence-electron chi connectivity index (χ0n) is 17.0. The number of piperidine rings is 1. The highest BCUT2D eigenvalue weighted by Gasteiger charge is 2.31. The van der Waals surface area contributed by atoms with Crippen molar-refractivity contribution in [3.8, 4) is 0 Å². The zero-order valence-corrected chi connectivity index (χ0v) is 17.0. The average molecular weight is 389 g/mol. The van der Waals surface area contributed by atoms with Crippen molar-refractivity contribution in [3.63, 3.8) is 0 Å². The van der Waals surface area contributed by atoms with Crippen molar-refractivity contribution < 1.29 is 9.59 Å². The molecule has 0 aliphatic carbocycles. The molecule has 0 bridgehead atoms. The van der Waals surface area contributed by atoms with Crippen molar-refractivity contribution >= 4 is 17.9 Å². The second-order valence-electron chi connectivity index (χ2n) is 8.10. The van der Waals surface area contributed by atoms with E-state index in [4.69, 9.17) is 0 Å². The summed E-state index contributed by atoms with van der Waals surface area (Å²) in [5, 5.41) is 0. The van der Waals surface area contributed by atoms with Crippen LogP contribution in [0.3, 0.4) is 0 Å². The Hall–Kier alpha value is -2.88. The molecule has 2 amide bonds. The van der Waals surface area contributed by atoms with Gasteiger partial charge < -0.3 is 9.80 Å². The second-order valence-corrected chi connectivity index (χ2v) is 8.10. The SMILES string of the molecule is CC(=O)N1C=Cc2ccccc2C1CC(=O)N1CCC(Cc2ccccc2)CC1. The van der Waals surface area contributed by atoms with Gasteiger partial charge >= 0.3 is 0 Å². The number of hydrogen-bond acceptors (Lipinski definition) is 2. The Morgan fingerprint density at radius 2 is 1.66 bits per heavy atom. The Morgan fingerprint density at radius 3 is 2.38 bits per heavy atom. The minimum Gasteiger partial charge on any atom is -0.343 e. The summed E-state index contributed by atoms with van der Waals surface area (Å²) in [7, 11) is 0. The molecule has 1 atom stereocenters. The molecule has 1 saturated heterocycles. The molecule has 1 fully saturated rings. The standard InChI is InChI=1S/C25H28N2O2/c1-19(28)27-16-13-22-9-5-6-10-23(22)24(27)18-25(29)26-14-11-21(12-15-26)17-20-7-3-2-4-8-20/h2-10,13,16,21,24H,11-12,14-15,17-18H2,1H3. The van der Waals surface area contributed by atoms with E-state index in [0.29, 0.717) is 12.3 Å². The molecule has 4 nitrogen and oxygen atoms in total. The van der Waals surface area contributed by atoms with Crippen LogP contribution in [-0.4, -0.2) is 34.7 Å². The van der Waals surface area contributed by atoms with Crippen LogP contribution >= 0.6 is 0 Å². The van der Waals surface area contributed by atoms with Crippen molar-refractivity contribution in [1.82, 2.24) is 9.80 Å². The lowest BCUT2D eigenvalue weighted by atomic mass is 9.89. The van der Waals surface area contributed by atoms with E-state index in [1.807, 2.05) is 47.5 Å². The maximum absolute atomic E-state index is 13.1. The summed E-state index contributed by atoms with van der Waals surface area (Å²) in [6.45, 7) is 3.17. The van der Waals surface area contributed by atoms with Gasteiger partial charge in [-0.05, 0) is 47.9 Å². The molecule has 0 saturated carbocycles. The van der Waals surface area contributed by atoms with Crippen LogP contribution in [0.25, 0.3) is 6.08 Å². The molecule has 0 aromatic heterocycles. The van der Waals surface area contributed by atoms with Crippen LogP contribution in [0.15, 0.2) is 60.8 Å². The number of nitrogens with zero attached hydrogens (tertiary/aromatic N) is 2. The monoisotopic (exact) mass is 388 g/mol. The van der Waals surface area contributed by atoms with Crippen LogP contribution in [-0.2, 0) is 16.0 Å². The Balaban J connectivity index is 1.39. The fourth-order valence-corrected chi connectivity index (χ4v) is 4.54. The van der Waals surface area contributed by atoms with E-state index in [1.165, 1.54) is 5.56 Å². The average Bonchev–Trinajstić information content (AvgIpc) is 2.75. The van der Waals surface area contributed by atoms with E-state index in [0.717, 1.165) is 43.5 Å². The van der Waals surface area contributed by atoms with Crippen LogP contribution < -0.4 is 0 Å². The van der Waals surface area contributed by atoms with E-state index in [1.54, 1.807) is 11.8 Å². The van der Waals surface area contributed by atoms with Crippen molar-refractivity contribution in [2.75, 3.05) is 13.1 Å². The van der Waals surface area contributed by atoms with Gasteiger partial charge in [0.05, 0.1) is 12.5 Å². The minimum absolute atomic E-state index is 0.0323. The third kappa shape index (κ3) is 4.42. The summed E-state index contributed by atoms with van der Waals surface area (Å²) < 4.78 is 0. The molecule has 2 aromatic carbocycles. The number of benzene rings is 2. The summed E-state index contributed by atoms with van der Waals surface area (Å²) in [4.78, 5) is 28.9. The third-order valence-corrected chi connectivity index (χ3v) is 6.17. The van der Waals surface area contributed by atoms with Crippen molar-refractivity contribution in [2.45, 2.75) is 38.6 Å². The van der Waals surface area contributed by atoms with E-state index in [-0.39, 0.29) is 17.9 Å². The van der Waals surface area contributed by atoms with Crippen LogP contribution in [0.2, 0.25) is 0 Å². The second kappa shape index (κ2) is 8.64. The number of amides is 2. The summed E-state index contributed by atoms with van der Waals surface area (Å²) in [5.74, 6) is 0.744. The molecule has 2 aromatic rings. The molecule has 1 unspecified atom stereocenters. The predicted octanol–water partition coefficient (Wildman–Crippen LogP) is 4.43. The van der Waals surface area contributed by atoms with Crippen molar-refractivity contribution in [3.05, 3.63) is 77.5 Å². The lowest BCUT2D eigenvalue weighted by Crippen LogP contribution is -2.41. The third-order valence-electron chi connectivity index (χ3n) is 6.17. The first-order chi connectivity index (χ1) is 14.1. The molecular formula is C25H28N2O2. The van der Waals surface area contributed by atoms with Crippen LogP contribution in [0.1, 0.15) is 48.9 Å². The molecule has 2 aliphatic rings. The van der Waals surface area contributed by atoms with E-state index in [9.17, 15) is 9.59 Å². The number of hydrogen-bond donors (Lipinski definition) is 0. The molecular weight excluding hydrogens is 360 g/mol. The van der Waals surface area contributed by atoms with E-state index in [2.05, 4.69) is 24.3 Å². The summed E-state index contributed by atoms with van der Waals surface area (Å²) in [5.41, 5.74) is 3.52. The Bertz CT molecular complexity index is 898. The zero-order chi connectivity index (χ0) is 20.2. The Kier molecular flexibility index (Phi) is 5.79. The van der Waals surface area contributed by atoms with Crippen molar-refractivity contribution in [1.29, 1.82) is 0 Å². The van der Waals surface area contributed by atoms with Gasteiger partial charge in [-0.2, -0.15) is 0 Å². The number of fused-ring (bicyclic) bond motifs is 1. The van der Waals surface area contributed by atoms with Gasteiger partial charge in [-0.1, -0.05) is 54.6 Å².